The van der Waals surface area contributed by atoms with E-state index in [0.29, 0.717) is 6.54 Å². The normalized spacial score (nSPS) is 9.70. The highest BCUT2D eigenvalue weighted by Crippen LogP contribution is 1.98. The van der Waals surface area contributed by atoms with Crippen molar-refractivity contribution in [2.75, 3.05) is 13.7 Å². The summed E-state index contributed by atoms with van der Waals surface area (Å²) in [5.41, 5.74) is 0. The van der Waals surface area contributed by atoms with Crippen LogP contribution in [0.2, 0.25) is 0 Å². The molecule has 0 aromatic carbocycles. The Balaban J connectivity index is 3.93. The van der Waals surface area contributed by atoms with Crippen LogP contribution in [0.15, 0.2) is 0 Å². The van der Waals surface area contributed by atoms with Gasteiger partial charge in [0.2, 0.25) is 0 Å². The Morgan fingerprint density at radius 1 is 1.60 bits per heavy atom. The third-order valence-electron chi connectivity index (χ3n) is 1.37. The molecule has 0 saturated heterocycles. The zero-order valence-corrected chi connectivity index (χ0v) is 7.05. The predicted molar refractivity (Wildman–Crippen MR) is 39.9 cm³/mol. The summed E-state index contributed by atoms with van der Waals surface area (Å²) < 4.78 is 4.55. The second-order valence-corrected chi connectivity index (χ2v) is 2.35. The van der Waals surface area contributed by atoms with Gasteiger partial charge in [0.1, 0.15) is 0 Å². The number of carbonyl (C=O) groups is 1. The molecule has 0 saturated carbocycles. The maximum absolute atomic E-state index is 10.9. The van der Waals surface area contributed by atoms with Crippen molar-refractivity contribution in [2.24, 2.45) is 0 Å². The summed E-state index contributed by atoms with van der Waals surface area (Å²) in [6.07, 6.45) is -0.252. The fourth-order valence-electron chi connectivity index (χ4n) is 0.822. The Kier molecular flexibility index (Phi) is 3.84. The van der Waals surface area contributed by atoms with Crippen LogP contribution in [0.25, 0.3) is 0 Å². The fourth-order valence-corrected chi connectivity index (χ4v) is 0.822. The van der Waals surface area contributed by atoms with Gasteiger partial charge in [-0.3, -0.25) is 0 Å². The first kappa shape index (κ1) is 9.27. The van der Waals surface area contributed by atoms with Crippen molar-refractivity contribution in [3.05, 3.63) is 0 Å². The van der Waals surface area contributed by atoms with Crippen LogP contribution in [0.1, 0.15) is 20.8 Å². The fraction of sp³-hybridized carbons (Fsp3) is 0.857. The SMILES string of the molecule is CCN(C(=O)OC)C(C)C. The number of ether oxygens (including phenoxy) is 1. The summed E-state index contributed by atoms with van der Waals surface area (Å²) in [6.45, 7) is 6.54. The van der Waals surface area contributed by atoms with E-state index in [1.165, 1.54) is 7.11 Å². The molecule has 0 heterocycles. The highest BCUT2D eigenvalue weighted by atomic mass is 16.5. The summed E-state index contributed by atoms with van der Waals surface area (Å²) >= 11 is 0. The molecule has 10 heavy (non-hydrogen) atoms. The monoisotopic (exact) mass is 145 g/mol. The lowest BCUT2D eigenvalue weighted by Gasteiger charge is -2.22. The van der Waals surface area contributed by atoms with E-state index in [9.17, 15) is 4.79 Å². The molecule has 0 N–H and O–H groups in total. The first-order valence-corrected chi connectivity index (χ1v) is 3.48. The molecule has 3 nitrogen and oxygen atoms in total. The van der Waals surface area contributed by atoms with Gasteiger partial charge in [-0.05, 0) is 20.8 Å². The maximum atomic E-state index is 10.9. The van der Waals surface area contributed by atoms with Crippen LogP contribution in [-0.4, -0.2) is 30.7 Å². The second-order valence-electron chi connectivity index (χ2n) is 2.35. The minimum Gasteiger partial charge on any atom is -0.453 e. The molecule has 60 valence electrons. The van der Waals surface area contributed by atoms with Crippen molar-refractivity contribution in [2.45, 2.75) is 26.8 Å². The van der Waals surface area contributed by atoms with E-state index in [1.807, 2.05) is 20.8 Å². The van der Waals surface area contributed by atoms with Gasteiger partial charge in [-0.2, -0.15) is 0 Å². The Labute approximate surface area is 62.0 Å². The number of rotatable bonds is 2. The van der Waals surface area contributed by atoms with Gasteiger partial charge in [-0.15, -0.1) is 0 Å². The van der Waals surface area contributed by atoms with Crippen molar-refractivity contribution in [3.63, 3.8) is 0 Å². The van der Waals surface area contributed by atoms with Crippen LogP contribution >= 0.6 is 0 Å². The zero-order valence-electron chi connectivity index (χ0n) is 7.05. The number of nitrogens with zero attached hydrogens (tertiary/aromatic N) is 1. The summed E-state index contributed by atoms with van der Waals surface area (Å²) in [4.78, 5) is 12.5. The molecule has 0 radical (unpaired) electrons. The van der Waals surface area contributed by atoms with Gasteiger partial charge in [0.15, 0.2) is 0 Å². The second kappa shape index (κ2) is 4.14. The number of carbonyl (C=O) groups excluding carboxylic acids is 1. The van der Waals surface area contributed by atoms with Crippen molar-refractivity contribution in [1.29, 1.82) is 0 Å². The summed E-state index contributed by atoms with van der Waals surface area (Å²) in [5, 5.41) is 0. The van der Waals surface area contributed by atoms with Gasteiger partial charge in [-0.25, -0.2) is 4.79 Å². The van der Waals surface area contributed by atoms with E-state index in [4.69, 9.17) is 0 Å². The summed E-state index contributed by atoms with van der Waals surface area (Å²) in [5.74, 6) is 0. The molecule has 0 bridgehead atoms. The lowest BCUT2D eigenvalue weighted by Crippen LogP contribution is -2.36. The molecule has 0 aliphatic carbocycles. The topological polar surface area (TPSA) is 29.5 Å². The summed E-state index contributed by atoms with van der Waals surface area (Å²) in [6, 6.07) is 0.220. The standard InChI is InChI=1S/C7H15NO2/c1-5-8(6(2)3)7(9)10-4/h6H,5H2,1-4H3. The zero-order chi connectivity index (χ0) is 8.15. The number of amides is 1. The smallest absolute Gasteiger partial charge is 0.409 e. The largest absolute Gasteiger partial charge is 0.453 e. The van der Waals surface area contributed by atoms with Crippen LogP contribution in [0.4, 0.5) is 4.79 Å². The first-order valence-electron chi connectivity index (χ1n) is 3.48. The van der Waals surface area contributed by atoms with Crippen molar-refractivity contribution in [1.82, 2.24) is 4.90 Å². The number of hydrogen-bond donors (Lipinski definition) is 0. The minimum absolute atomic E-state index is 0.220. The molecule has 0 aliphatic heterocycles. The van der Waals surface area contributed by atoms with Crippen LogP contribution in [-0.2, 0) is 4.74 Å². The Morgan fingerprint density at radius 3 is 2.20 bits per heavy atom. The van der Waals surface area contributed by atoms with Gasteiger partial charge < -0.3 is 9.64 Å². The van der Waals surface area contributed by atoms with Crippen LogP contribution in [0, 0.1) is 0 Å². The molecule has 0 spiro atoms. The molecule has 0 aromatic heterocycles. The molecule has 0 atom stereocenters. The quantitative estimate of drug-likeness (QED) is 0.589. The van der Waals surface area contributed by atoms with Gasteiger partial charge in [0, 0.05) is 12.6 Å². The lowest BCUT2D eigenvalue weighted by atomic mass is 10.3. The molecule has 0 fully saturated rings. The van der Waals surface area contributed by atoms with Crippen LogP contribution < -0.4 is 0 Å². The molecular formula is C7H15NO2. The first-order chi connectivity index (χ1) is 4.63. The molecule has 0 rings (SSSR count). The number of hydrogen-bond acceptors (Lipinski definition) is 2. The third kappa shape index (κ3) is 2.25. The van der Waals surface area contributed by atoms with Gasteiger partial charge in [-0.1, -0.05) is 0 Å². The van der Waals surface area contributed by atoms with Crippen LogP contribution in [0.3, 0.4) is 0 Å². The lowest BCUT2D eigenvalue weighted by molar-refractivity contribution is 0.114. The van der Waals surface area contributed by atoms with E-state index in [1.54, 1.807) is 4.90 Å². The van der Waals surface area contributed by atoms with Gasteiger partial charge in [0.05, 0.1) is 7.11 Å². The molecule has 0 aliphatic rings. The van der Waals surface area contributed by atoms with Crippen molar-refractivity contribution in [3.8, 4) is 0 Å². The Hall–Kier alpha value is -0.730. The minimum atomic E-state index is -0.252. The van der Waals surface area contributed by atoms with Crippen LogP contribution in [0.5, 0.6) is 0 Å². The van der Waals surface area contributed by atoms with Gasteiger partial charge >= 0.3 is 6.09 Å². The van der Waals surface area contributed by atoms with Crippen molar-refractivity contribution >= 4 is 6.09 Å². The average Bonchev–Trinajstić information content (AvgIpc) is 1.88. The number of methoxy groups -OCH3 is 1. The highest BCUT2D eigenvalue weighted by Gasteiger charge is 2.13. The predicted octanol–water partition coefficient (Wildman–Crippen LogP) is 1.48. The molecule has 3 heteroatoms. The van der Waals surface area contributed by atoms with E-state index in [-0.39, 0.29) is 12.1 Å². The van der Waals surface area contributed by atoms with Crippen molar-refractivity contribution < 1.29 is 9.53 Å². The molecular weight excluding hydrogens is 130 g/mol. The van der Waals surface area contributed by atoms with E-state index in [2.05, 4.69) is 4.74 Å². The molecule has 1 amide bonds. The highest BCUT2D eigenvalue weighted by molar-refractivity contribution is 5.67. The van der Waals surface area contributed by atoms with E-state index < -0.39 is 0 Å². The molecule has 0 unspecified atom stereocenters. The van der Waals surface area contributed by atoms with E-state index >= 15 is 0 Å². The molecule has 0 aromatic rings. The summed E-state index contributed by atoms with van der Waals surface area (Å²) in [7, 11) is 1.40. The third-order valence-corrected chi connectivity index (χ3v) is 1.37. The Morgan fingerprint density at radius 2 is 2.10 bits per heavy atom. The maximum Gasteiger partial charge on any atom is 0.409 e. The van der Waals surface area contributed by atoms with E-state index in [0.717, 1.165) is 0 Å². The average molecular weight is 145 g/mol. The van der Waals surface area contributed by atoms with Gasteiger partial charge in [0.25, 0.3) is 0 Å². The Bertz CT molecular complexity index is 112.